The van der Waals surface area contributed by atoms with Gasteiger partial charge in [-0.25, -0.2) is 0 Å². The van der Waals surface area contributed by atoms with Gasteiger partial charge in [-0.15, -0.1) is 0 Å². The lowest BCUT2D eigenvalue weighted by Gasteiger charge is -2.03. The number of fused-ring (bicyclic) bond motifs is 8. The van der Waals surface area contributed by atoms with E-state index in [1.807, 2.05) is 39.8 Å². The number of rotatable bonds is 12. The highest BCUT2D eigenvalue weighted by atomic mass is 16.5. The van der Waals surface area contributed by atoms with Gasteiger partial charge in [0.15, 0.2) is 0 Å². The molecule has 52 heavy (non-hydrogen) atoms. The van der Waals surface area contributed by atoms with E-state index >= 15 is 0 Å². The van der Waals surface area contributed by atoms with E-state index in [0.717, 1.165) is 88.7 Å². The molecular formula is C40H48N4O8. The zero-order valence-electron chi connectivity index (χ0n) is 31.2. The molecule has 0 amide bonds. The second-order valence-corrected chi connectivity index (χ2v) is 13.1. The van der Waals surface area contributed by atoms with Gasteiger partial charge in [-0.2, -0.15) is 0 Å². The molecule has 0 saturated heterocycles. The van der Waals surface area contributed by atoms with Crippen LogP contribution in [0, 0.1) is 27.7 Å². The van der Waals surface area contributed by atoms with Crippen molar-refractivity contribution in [3.05, 3.63) is 88.7 Å². The van der Waals surface area contributed by atoms with Crippen molar-refractivity contribution in [2.45, 2.75) is 79.1 Å². The van der Waals surface area contributed by atoms with E-state index in [1.165, 1.54) is 28.4 Å². The largest absolute Gasteiger partial charge is 0.469 e. The molecule has 8 bridgehead atoms. The van der Waals surface area contributed by atoms with Crippen molar-refractivity contribution in [1.29, 1.82) is 0 Å². The minimum absolute atomic E-state index is 0.199. The number of aromatic amines is 4. The molecule has 5 heterocycles. The Bertz CT molecular complexity index is 2280. The number of hydrogen-bond acceptors (Lipinski definition) is 8. The molecule has 0 atom stereocenters. The number of nitrogens with one attached hydrogen (secondary N) is 4. The summed E-state index contributed by atoms with van der Waals surface area (Å²) < 4.78 is 19.9. The number of aromatic nitrogens is 4. The molecule has 1 aliphatic heterocycles. The second kappa shape index (κ2) is 16.2. The van der Waals surface area contributed by atoms with Crippen molar-refractivity contribution in [2.75, 3.05) is 28.4 Å². The number of esters is 4. The molecule has 12 heteroatoms. The molecule has 0 unspecified atom stereocenters. The van der Waals surface area contributed by atoms with Crippen LogP contribution in [0.2, 0.25) is 0 Å². The molecule has 276 valence electrons. The fourth-order valence-corrected chi connectivity index (χ4v) is 6.97. The Morgan fingerprint density at radius 1 is 0.404 bits per heavy atom. The molecular weight excluding hydrogens is 664 g/mol. The standard InChI is InChI=1S/C40H48N4O8/c1-21-25(9-13-37(45)49-5)33-18-31-23(3)26(10-14-38(46)50-6)34(43-31)19-32-24(4)28(12-16-40(48)52-8)36(44-32)20-35-27(11-15-39(47)51-7)22(2)30(42-35)17-29(21)41-33/h17-20,41-44H,9-16H2,1-8H3. The number of hydrogen-bond donors (Lipinski definition) is 4. The number of ether oxygens (including phenoxy) is 4. The summed E-state index contributed by atoms with van der Waals surface area (Å²) in [5, 5.41) is 3.38. The normalized spacial score (nSPS) is 11.8. The average molecular weight is 713 g/mol. The zero-order valence-corrected chi connectivity index (χ0v) is 31.2. The average Bonchev–Trinajstić information content (AvgIpc) is 3.80. The summed E-state index contributed by atoms with van der Waals surface area (Å²) in [5.74, 6) is -1.21. The van der Waals surface area contributed by atoms with E-state index in [0.29, 0.717) is 25.7 Å². The highest BCUT2D eigenvalue weighted by Gasteiger charge is 2.19. The number of H-pyrrole nitrogens is 4. The minimum Gasteiger partial charge on any atom is -0.469 e. The van der Waals surface area contributed by atoms with Crippen LogP contribution in [0.25, 0.3) is 24.3 Å². The predicted molar refractivity (Wildman–Crippen MR) is 196 cm³/mol. The van der Waals surface area contributed by atoms with Crippen molar-refractivity contribution in [1.82, 2.24) is 19.9 Å². The Labute approximate surface area is 302 Å². The van der Waals surface area contributed by atoms with Crippen molar-refractivity contribution >= 4 is 48.2 Å². The molecule has 0 aromatic carbocycles. The highest BCUT2D eigenvalue weighted by Crippen LogP contribution is 2.24. The molecule has 4 aromatic heterocycles. The Kier molecular flexibility index (Phi) is 11.8. The third-order valence-electron chi connectivity index (χ3n) is 10.2. The van der Waals surface area contributed by atoms with Gasteiger partial charge in [0.2, 0.25) is 0 Å². The number of methoxy groups -OCH3 is 4. The summed E-state index contributed by atoms with van der Waals surface area (Å²) in [6.07, 6.45) is 10.8. The predicted octanol–water partition coefficient (Wildman–Crippen LogP) is 2.28. The van der Waals surface area contributed by atoms with Gasteiger partial charge in [0.1, 0.15) is 0 Å². The third kappa shape index (κ3) is 8.01. The maximum absolute atomic E-state index is 12.3. The Morgan fingerprint density at radius 3 is 1.04 bits per heavy atom. The number of carbonyl (C=O) groups excluding carboxylic acids is 4. The first-order valence-corrected chi connectivity index (χ1v) is 17.4. The van der Waals surface area contributed by atoms with E-state index in [1.54, 1.807) is 0 Å². The molecule has 4 N–H and O–H groups in total. The first-order chi connectivity index (χ1) is 24.9. The van der Waals surface area contributed by atoms with Crippen LogP contribution in [0.3, 0.4) is 0 Å². The van der Waals surface area contributed by atoms with Gasteiger partial charge in [-0.1, -0.05) is 0 Å². The van der Waals surface area contributed by atoms with Gasteiger partial charge in [0, 0.05) is 69.9 Å². The molecule has 0 radical (unpaired) electrons. The smallest absolute Gasteiger partial charge is 0.305 e. The van der Waals surface area contributed by atoms with Crippen molar-refractivity contribution in [3.63, 3.8) is 0 Å². The molecule has 4 aromatic rings. The first kappa shape index (κ1) is 37.7. The van der Waals surface area contributed by atoms with E-state index in [-0.39, 0.29) is 49.6 Å². The van der Waals surface area contributed by atoms with Crippen molar-refractivity contribution in [3.8, 4) is 0 Å². The summed E-state index contributed by atoms with van der Waals surface area (Å²) in [4.78, 5) is 63.6. The van der Waals surface area contributed by atoms with Crippen LogP contribution in [0.15, 0.2) is 0 Å². The summed E-state index contributed by atoms with van der Waals surface area (Å²) in [6, 6.07) is 0. The Balaban J connectivity index is 1.86. The zero-order chi connectivity index (χ0) is 37.7. The Hall–Kier alpha value is -5.52. The van der Waals surface area contributed by atoms with Crippen LogP contribution in [-0.2, 0) is 63.8 Å². The summed E-state index contributed by atoms with van der Waals surface area (Å²) >= 11 is 0. The highest BCUT2D eigenvalue weighted by molar-refractivity contribution is 5.73. The topological polar surface area (TPSA) is 168 Å². The molecule has 0 spiro atoms. The molecule has 1 aliphatic rings. The van der Waals surface area contributed by atoms with Gasteiger partial charge >= 0.3 is 23.9 Å². The SMILES string of the molecule is COC(=O)CCc1c2[nH]c(c1C)C=c1[nH]c(c(C)c1CCC(=O)OC)=Cc1[nH]c(c(CCC(=O)OC)c1C)C=c1[nH]c(c(C)c1CCC(=O)OC)=C2. The molecule has 5 rings (SSSR count). The molecule has 12 nitrogen and oxygen atoms in total. The van der Waals surface area contributed by atoms with Crippen LogP contribution < -0.4 is 21.4 Å². The summed E-state index contributed by atoms with van der Waals surface area (Å²) in [7, 11) is 5.54. The van der Waals surface area contributed by atoms with Crippen LogP contribution in [-0.4, -0.2) is 72.3 Å². The van der Waals surface area contributed by atoms with Gasteiger partial charge in [0.05, 0.1) is 28.4 Å². The molecule has 0 saturated carbocycles. The van der Waals surface area contributed by atoms with Crippen molar-refractivity contribution in [2.24, 2.45) is 0 Å². The van der Waals surface area contributed by atoms with E-state index in [9.17, 15) is 19.2 Å². The van der Waals surface area contributed by atoms with E-state index in [4.69, 9.17) is 18.9 Å². The third-order valence-corrected chi connectivity index (χ3v) is 10.2. The number of carbonyl (C=O) groups is 4. The fourth-order valence-electron chi connectivity index (χ4n) is 6.97. The molecule has 0 fully saturated rings. The summed E-state index contributed by atoms with van der Waals surface area (Å²) in [5.41, 5.74) is 11.2. The fraction of sp³-hybridized carbons (Fsp3) is 0.400. The minimum atomic E-state index is -0.307. The van der Waals surface area contributed by atoms with Gasteiger partial charge in [-0.3, -0.25) is 19.2 Å². The lowest BCUT2D eigenvalue weighted by molar-refractivity contribution is -0.141. The first-order valence-electron chi connectivity index (χ1n) is 17.4. The molecule has 0 aliphatic carbocycles. The van der Waals surface area contributed by atoms with Gasteiger partial charge in [0.25, 0.3) is 0 Å². The lowest BCUT2D eigenvalue weighted by Crippen LogP contribution is -2.14. The van der Waals surface area contributed by atoms with E-state index < -0.39 is 0 Å². The van der Waals surface area contributed by atoms with Crippen LogP contribution in [0.5, 0.6) is 0 Å². The van der Waals surface area contributed by atoms with Crippen molar-refractivity contribution < 1.29 is 38.1 Å². The van der Waals surface area contributed by atoms with Crippen LogP contribution in [0.1, 0.15) is 93.0 Å². The van der Waals surface area contributed by atoms with E-state index in [2.05, 4.69) is 32.1 Å². The van der Waals surface area contributed by atoms with Gasteiger partial charge in [-0.05, 0) is 122 Å². The van der Waals surface area contributed by atoms with Gasteiger partial charge < -0.3 is 38.9 Å². The maximum atomic E-state index is 12.3. The monoisotopic (exact) mass is 712 g/mol. The summed E-state index contributed by atoms with van der Waals surface area (Å²) in [6.45, 7) is 8.11. The quantitative estimate of drug-likeness (QED) is 0.113. The Morgan fingerprint density at radius 2 is 0.692 bits per heavy atom. The maximum Gasteiger partial charge on any atom is 0.305 e. The van der Waals surface area contributed by atoms with Crippen LogP contribution >= 0.6 is 0 Å². The second-order valence-electron chi connectivity index (χ2n) is 13.1. The lowest BCUT2D eigenvalue weighted by atomic mass is 10.0. The van der Waals surface area contributed by atoms with Crippen LogP contribution in [0.4, 0.5) is 0 Å².